The van der Waals surface area contributed by atoms with Crippen molar-refractivity contribution in [1.29, 1.82) is 0 Å². The van der Waals surface area contributed by atoms with Crippen molar-refractivity contribution >= 4 is 39.5 Å². The Balaban J connectivity index is 1.87. The van der Waals surface area contributed by atoms with Gasteiger partial charge in [-0.2, -0.15) is 0 Å². The molecule has 0 aliphatic carbocycles. The molecule has 94 valence electrons. The number of para-hydroxylation sites is 1. The maximum absolute atomic E-state index is 12.0. The van der Waals surface area contributed by atoms with Gasteiger partial charge in [0.05, 0.1) is 0 Å². The highest BCUT2D eigenvalue weighted by Crippen LogP contribution is 2.21. The second-order valence-electron chi connectivity index (χ2n) is 4.00. The monoisotopic (exact) mass is 364 g/mol. The first kappa shape index (κ1) is 12.2. The molecule has 0 saturated carbocycles. The van der Waals surface area contributed by atoms with Gasteiger partial charge in [0.2, 0.25) is 5.76 Å². The molecule has 0 unspecified atom stereocenters. The molecule has 0 radical (unpaired) electrons. The standard InChI is InChI=1S/C15H9IO3/c16-11-5-3-6-12(9-11)18-15(17)14-8-10-4-1-2-7-13(10)19-14/h1-9H. The van der Waals surface area contributed by atoms with E-state index in [1.165, 1.54) is 0 Å². The number of benzene rings is 2. The van der Waals surface area contributed by atoms with Crippen LogP contribution in [0.2, 0.25) is 0 Å². The van der Waals surface area contributed by atoms with Crippen LogP contribution in [0.1, 0.15) is 10.6 Å². The summed E-state index contributed by atoms with van der Waals surface area (Å²) >= 11 is 2.16. The van der Waals surface area contributed by atoms with E-state index in [1.54, 1.807) is 18.2 Å². The summed E-state index contributed by atoms with van der Waals surface area (Å²) < 4.78 is 11.7. The highest BCUT2D eigenvalue weighted by molar-refractivity contribution is 14.1. The number of fused-ring (bicyclic) bond motifs is 1. The normalized spacial score (nSPS) is 10.6. The zero-order valence-electron chi connectivity index (χ0n) is 9.80. The van der Waals surface area contributed by atoms with Crippen LogP contribution in [0.5, 0.6) is 5.75 Å². The van der Waals surface area contributed by atoms with Gasteiger partial charge in [-0.1, -0.05) is 24.3 Å². The average molecular weight is 364 g/mol. The highest BCUT2D eigenvalue weighted by Gasteiger charge is 2.14. The minimum absolute atomic E-state index is 0.208. The zero-order chi connectivity index (χ0) is 13.2. The molecule has 0 spiro atoms. The molecule has 0 atom stereocenters. The first-order valence-electron chi connectivity index (χ1n) is 5.69. The maximum Gasteiger partial charge on any atom is 0.379 e. The molecule has 3 rings (SSSR count). The number of rotatable bonds is 2. The van der Waals surface area contributed by atoms with Crippen molar-refractivity contribution in [3.8, 4) is 5.75 Å². The maximum atomic E-state index is 12.0. The van der Waals surface area contributed by atoms with Gasteiger partial charge in [-0.05, 0) is 52.9 Å². The first-order chi connectivity index (χ1) is 9.22. The van der Waals surface area contributed by atoms with E-state index in [2.05, 4.69) is 22.6 Å². The average Bonchev–Trinajstić information content (AvgIpc) is 2.82. The minimum Gasteiger partial charge on any atom is -0.449 e. The van der Waals surface area contributed by atoms with Gasteiger partial charge in [0.1, 0.15) is 11.3 Å². The van der Waals surface area contributed by atoms with E-state index >= 15 is 0 Å². The SMILES string of the molecule is O=C(Oc1cccc(I)c1)c1cc2ccccc2o1. The van der Waals surface area contributed by atoms with E-state index in [4.69, 9.17) is 9.15 Å². The first-order valence-corrected chi connectivity index (χ1v) is 6.76. The topological polar surface area (TPSA) is 39.4 Å². The lowest BCUT2D eigenvalue weighted by molar-refractivity contribution is 0.0704. The van der Waals surface area contributed by atoms with E-state index in [-0.39, 0.29) is 5.76 Å². The minimum atomic E-state index is -0.488. The third kappa shape index (κ3) is 2.63. The van der Waals surface area contributed by atoms with Gasteiger partial charge in [0.25, 0.3) is 0 Å². The van der Waals surface area contributed by atoms with Gasteiger partial charge >= 0.3 is 5.97 Å². The van der Waals surface area contributed by atoms with Crippen molar-refractivity contribution in [3.63, 3.8) is 0 Å². The molecule has 4 heteroatoms. The molecule has 1 aromatic heterocycles. The van der Waals surface area contributed by atoms with Crippen molar-refractivity contribution in [2.75, 3.05) is 0 Å². The van der Waals surface area contributed by atoms with Crippen LogP contribution >= 0.6 is 22.6 Å². The van der Waals surface area contributed by atoms with E-state index in [0.29, 0.717) is 11.3 Å². The van der Waals surface area contributed by atoms with E-state index < -0.39 is 5.97 Å². The Morgan fingerprint density at radius 2 is 1.89 bits per heavy atom. The van der Waals surface area contributed by atoms with Crippen molar-refractivity contribution < 1.29 is 13.9 Å². The molecule has 0 fully saturated rings. The van der Waals surface area contributed by atoms with Crippen molar-refractivity contribution in [2.24, 2.45) is 0 Å². The summed E-state index contributed by atoms with van der Waals surface area (Å²) in [6.07, 6.45) is 0. The van der Waals surface area contributed by atoms with Crippen LogP contribution < -0.4 is 4.74 Å². The van der Waals surface area contributed by atoms with Gasteiger partial charge in [-0.25, -0.2) is 4.79 Å². The molecule has 0 bridgehead atoms. The molecule has 1 heterocycles. The smallest absolute Gasteiger partial charge is 0.379 e. The lowest BCUT2D eigenvalue weighted by Gasteiger charge is -2.01. The number of furan rings is 1. The summed E-state index contributed by atoms with van der Waals surface area (Å²) in [7, 11) is 0. The summed E-state index contributed by atoms with van der Waals surface area (Å²) in [6, 6.07) is 16.4. The predicted octanol–water partition coefficient (Wildman–Crippen LogP) is 4.26. The Labute approximate surface area is 123 Å². The Morgan fingerprint density at radius 1 is 1.05 bits per heavy atom. The molecule has 0 aliphatic heterocycles. The zero-order valence-corrected chi connectivity index (χ0v) is 12.0. The van der Waals surface area contributed by atoms with Crippen molar-refractivity contribution in [3.05, 3.63) is 63.9 Å². The van der Waals surface area contributed by atoms with Crippen LogP contribution in [0, 0.1) is 3.57 Å². The second-order valence-corrected chi connectivity index (χ2v) is 5.24. The van der Waals surface area contributed by atoms with E-state index in [9.17, 15) is 4.79 Å². The van der Waals surface area contributed by atoms with Crippen LogP contribution in [0.4, 0.5) is 0 Å². The van der Waals surface area contributed by atoms with Gasteiger partial charge < -0.3 is 9.15 Å². The third-order valence-electron chi connectivity index (χ3n) is 2.63. The second kappa shape index (κ2) is 5.05. The molecule has 0 amide bonds. The van der Waals surface area contributed by atoms with Gasteiger partial charge in [-0.15, -0.1) is 0 Å². The fourth-order valence-electron chi connectivity index (χ4n) is 1.77. The number of hydrogen-bond acceptors (Lipinski definition) is 3. The van der Waals surface area contributed by atoms with E-state index in [0.717, 1.165) is 8.96 Å². The van der Waals surface area contributed by atoms with Crippen LogP contribution in [0.25, 0.3) is 11.0 Å². The number of halogens is 1. The largest absolute Gasteiger partial charge is 0.449 e. The van der Waals surface area contributed by atoms with Gasteiger partial charge in [0, 0.05) is 8.96 Å². The van der Waals surface area contributed by atoms with Crippen molar-refractivity contribution in [2.45, 2.75) is 0 Å². The molecular formula is C15H9IO3. The number of esters is 1. The number of hydrogen-bond donors (Lipinski definition) is 0. The van der Waals surface area contributed by atoms with Gasteiger partial charge in [-0.3, -0.25) is 0 Å². The molecule has 3 nitrogen and oxygen atoms in total. The van der Waals surface area contributed by atoms with Crippen molar-refractivity contribution in [1.82, 2.24) is 0 Å². The molecule has 19 heavy (non-hydrogen) atoms. The third-order valence-corrected chi connectivity index (χ3v) is 3.30. The Hall–Kier alpha value is -1.82. The Kier molecular flexibility index (Phi) is 3.25. The number of carbonyl (C=O) groups is 1. The highest BCUT2D eigenvalue weighted by atomic mass is 127. The fourth-order valence-corrected chi connectivity index (χ4v) is 2.28. The summed E-state index contributed by atoms with van der Waals surface area (Å²) in [4.78, 5) is 12.0. The number of ether oxygens (including phenoxy) is 1. The van der Waals surface area contributed by atoms with Crippen LogP contribution in [0.15, 0.2) is 59.0 Å². The molecular weight excluding hydrogens is 355 g/mol. The lowest BCUT2D eigenvalue weighted by atomic mass is 10.2. The molecule has 0 aliphatic rings. The van der Waals surface area contributed by atoms with Crippen LogP contribution in [0.3, 0.4) is 0 Å². The predicted molar refractivity (Wildman–Crippen MR) is 80.3 cm³/mol. The molecule has 0 N–H and O–H groups in total. The Bertz CT molecular complexity index is 713. The van der Waals surface area contributed by atoms with Gasteiger partial charge in [0.15, 0.2) is 0 Å². The summed E-state index contributed by atoms with van der Waals surface area (Å²) in [5.41, 5.74) is 0.678. The molecule has 3 aromatic rings. The molecule has 2 aromatic carbocycles. The Morgan fingerprint density at radius 3 is 2.68 bits per heavy atom. The molecule has 0 saturated heterocycles. The quantitative estimate of drug-likeness (QED) is 0.388. The van der Waals surface area contributed by atoms with Crippen LogP contribution in [-0.4, -0.2) is 5.97 Å². The summed E-state index contributed by atoms with van der Waals surface area (Å²) in [5.74, 6) is 0.232. The van der Waals surface area contributed by atoms with E-state index in [1.807, 2.05) is 36.4 Å². The summed E-state index contributed by atoms with van der Waals surface area (Å²) in [5, 5.41) is 0.886. The fraction of sp³-hybridized carbons (Fsp3) is 0. The lowest BCUT2D eigenvalue weighted by Crippen LogP contribution is -2.07. The number of carbonyl (C=O) groups excluding carboxylic acids is 1. The van der Waals surface area contributed by atoms with Crippen LogP contribution in [-0.2, 0) is 0 Å². The summed E-state index contributed by atoms with van der Waals surface area (Å²) in [6.45, 7) is 0.